The molecular formula is C37H56O3. The summed E-state index contributed by atoms with van der Waals surface area (Å²) in [6.45, 7) is 19.0. The molecule has 3 saturated carbocycles. The lowest BCUT2D eigenvalue weighted by molar-refractivity contribution is -0.168. The van der Waals surface area contributed by atoms with Crippen LogP contribution in [0.2, 0.25) is 0 Å². The van der Waals surface area contributed by atoms with Crippen LogP contribution in [0.25, 0.3) is 0 Å². The van der Waals surface area contributed by atoms with Gasteiger partial charge in [0.25, 0.3) is 0 Å². The molecule has 3 aliphatic rings. The lowest BCUT2D eigenvalue weighted by Gasteiger charge is -2.61. The van der Waals surface area contributed by atoms with Crippen molar-refractivity contribution < 1.29 is 14.6 Å². The molecule has 3 nitrogen and oxygen atoms in total. The molecule has 1 N–H and O–H groups in total. The third-order valence-corrected chi connectivity index (χ3v) is 11.6. The summed E-state index contributed by atoms with van der Waals surface area (Å²) in [5.74, 6) is 1.18. The smallest absolute Gasteiger partial charge is 0.338 e. The van der Waals surface area contributed by atoms with E-state index in [9.17, 15) is 9.90 Å². The topological polar surface area (TPSA) is 46.5 Å². The standard InChI is InChI=1S/C37H56O3/c1-27-14-12-22-34(2,3)30(27)20-19-28(26-40-33(38)29-16-9-8-10-17-29)15-11-18-32-36(6)24-13-23-35(4,5)31(36)21-25-37(32,7)39/h8-10,15-17,30-32,39H,1,11-14,18-26H2,2-7H3/b28-15+/t30-,31+,32-,36+,37-/m1/s1. The van der Waals surface area contributed by atoms with E-state index in [2.05, 4.69) is 54.2 Å². The van der Waals surface area contributed by atoms with Crippen LogP contribution >= 0.6 is 0 Å². The van der Waals surface area contributed by atoms with Crippen molar-refractivity contribution in [1.82, 2.24) is 0 Å². The third-order valence-electron chi connectivity index (χ3n) is 11.6. The Balaban J connectivity index is 1.49. The fourth-order valence-electron chi connectivity index (χ4n) is 9.37. The first-order valence-electron chi connectivity index (χ1n) is 16.1. The van der Waals surface area contributed by atoms with E-state index >= 15 is 0 Å². The second kappa shape index (κ2) is 12.2. The molecular weight excluding hydrogens is 492 g/mol. The van der Waals surface area contributed by atoms with Gasteiger partial charge in [0, 0.05) is 0 Å². The lowest BCUT2D eigenvalue weighted by atomic mass is 9.45. The van der Waals surface area contributed by atoms with Crippen LogP contribution in [0, 0.1) is 34.0 Å². The second-order valence-electron chi connectivity index (χ2n) is 15.3. The molecule has 1 aromatic carbocycles. The van der Waals surface area contributed by atoms with Crippen LogP contribution in [-0.4, -0.2) is 23.3 Å². The molecule has 4 rings (SSSR count). The fourth-order valence-corrected chi connectivity index (χ4v) is 9.37. The summed E-state index contributed by atoms with van der Waals surface area (Å²) in [6, 6.07) is 9.29. The van der Waals surface area contributed by atoms with Gasteiger partial charge in [0.15, 0.2) is 0 Å². The van der Waals surface area contributed by atoms with E-state index < -0.39 is 5.60 Å². The molecule has 0 radical (unpaired) electrons. The summed E-state index contributed by atoms with van der Waals surface area (Å²) in [6.07, 6.45) is 15.6. The summed E-state index contributed by atoms with van der Waals surface area (Å²) in [7, 11) is 0. The van der Waals surface area contributed by atoms with Crippen molar-refractivity contribution in [3.8, 4) is 0 Å². The molecule has 40 heavy (non-hydrogen) atoms. The van der Waals surface area contributed by atoms with Crippen molar-refractivity contribution >= 4 is 5.97 Å². The van der Waals surface area contributed by atoms with Crippen LogP contribution in [0.4, 0.5) is 0 Å². The Morgan fingerprint density at radius 2 is 1.68 bits per heavy atom. The zero-order valence-electron chi connectivity index (χ0n) is 26.4. The highest BCUT2D eigenvalue weighted by Gasteiger charge is 2.57. The van der Waals surface area contributed by atoms with Gasteiger partial charge in [-0.05, 0) is 129 Å². The van der Waals surface area contributed by atoms with Gasteiger partial charge in [0.1, 0.15) is 6.61 Å². The average Bonchev–Trinajstić information content (AvgIpc) is 2.87. The number of carbonyl (C=O) groups is 1. The summed E-state index contributed by atoms with van der Waals surface area (Å²) in [5, 5.41) is 11.6. The van der Waals surface area contributed by atoms with Crippen LogP contribution in [0.15, 0.2) is 54.1 Å². The molecule has 3 aliphatic carbocycles. The molecule has 0 unspecified atom stereocenters. The Morgan fingerprint density at radius 3 is 2.38 bits per heavy atom. The van der Waals surface area contributed by atoms with Gasteiger partial charge in [-0.25, -0.2) is 4.79 Å². The molecule has 1 aromatic rings. The SMILES string of the molecule is C=C1CCCC(C)(C)[C@@H]1CC/C(=C\CC[C@@H]1[C@@]2(C)CCCC(C)(C)[C@@H]2CC[C@@]1(C)O)COC(=O)c1ccccc1. The number of hydrogen-bond acceptors (Lipinski definition) is 3. The van der Waals surface area contributed by atoms with Crippen molar-refractivity contribution in [2.75, 3.05) is 6.61 Å². The largest absolute Gasteiger partial charge is 0.458 e. The molecule has 0 aliphatic heterocycles. The second-order valence-corrected chi connectivity index (χ2v) is 15.3. The number of fused-ring (bicyclic) bond motifs is 1. The van der Waals surface area contributed by atoms with E-state index in [0.717, 1.165) is 44.9 Å². The Hall–Kier alpha value is -1.87. The number of rotatable bonds is 9. The Bertz CT molecular complexity index is 1060. The molecule has 0 amide bonds. The van der Waals surface area contributed by atoms with E-state index in [1.807, 2.05) is 30.3 Å². The monoisotopic (exact) mass is 548 g/mol. The zero-order chi connectivity index (χ0) is 29.2. The van der Waals surface area contributed by atoms with Crippen molar-refractivity contribution in [2.45, 2.75) is 124 Å². The minimum atomic E-state index is -0.629. The quantitative estimate of drug-likeness (QED) is 0.247. The number of ether oxygens (including phenoxy) is 1. The molecule has 0 saturated heterocycles. The van der Waals surface area contributed by atoms with E-state index in [1.54, 1.807) is 0 Å². The van der Waals surface area contributed by atoms with Crippen molar-refractivity contribution in [3.05, 3.63) is 59.7 Å². The normalized spacial score (nSPS) is 33.7. The number of esters is 1. The summed E-state index contributed by atoms with van der Waals surface area (Å²) in [5.41, 5.74) is 3.33. The zero-order valence-corrected chi connectivity index (χ0v) is 26.4. The predicted molar refractivity (Wildman–Crippen MR) is 166 cm³/mol. The van der Waals surface area contributed by atoms with Crippen LogP contribution in [0.3, 0.4) is 0 Å². The fraction of sp³-hybridized carbons (Fsp3) is 0.703. The van der Waals surface area contributed by atoms with E-state index in [4.69, 9.17) is 4.74 Å². The first kappa shape index (κ1) is 31.1. The highest BCUT2D eigenvalue weighted by atomic mass is 16.5. The Morgan fingerprint density at radius 1 is 0.975 bits per heavy atom. The minimum absolute atomic E-state index is 0.168. The maximum Gasteiger partial charge on any atom is 0.338 e. The minimum Gasteiger partial charge on any atom is -0.458 e. The van der Waals surface area contributed by atoms with Crippen molar-refractivity contribution in [2.24, 2.45) is 34.0 Å². The van der Waals surface area contributed by atoms with Crippen LogP contribution < -0.4 is 0 Å². The van der Waals surface area contributed by atoms with Gasteiger partial charge in [-0.3, -0.25) is 0 Å². The lowest BCUT2D eigenvalue weighted by Crippen LogP contribution is -2.57. The van der Waals surface area contributed by atoms with Gasteiger partial charge in [-0.1, -0.05) is 77.5 Å². The highest BCUT2D eigenvalue weighted by Crippen LogP contribution is 2.63. The maximum atomic E-state index is 12.8. The van der Waals surface area contributed by atoms with Gasteiger partial charge in [-0.15, -0.1) is 0 Å². The first-order chi connectivity index (χ1) is 18.8. The summed E-state index contributed by atoms with van der Waals surface area (Å²) >= 11 is 0. The van der Waals surface area contributed by atoms with E-state index in [1.165, 1.54) is 43.3 Å². The van der Waals surface area contributed by atoms with Gasteiger partial charge < -0.3 is 9.84 Å². The van der Waals surface area contributed by atoms with Crippen LogP contribution in [0.5, 0.6) is 0 Å². The number of aliphatic hydroxyl groups is 1. The van der Waals surface area contributed by atoms with Gasteiger partial charge in [-0.2, -0.15) is 0 Å². The first-order valence-corrected chi connectivity index (χ1v) is 16.1. The van der Waals surface area contributed by atoms with Crippen molar-refractivity contribution in [1.29, 1.82) is 0 Å². The number of carbonyl (C=O) groups excluding carboxylic acids is 1. The van der Waals surface area contributed by atoms with E-state index in [-0.39, 0.29) is 22.7 Å². The molecule has 0 aromatic heterocycles. The Labute approximate surface area is 244 Å². The van der Waals surface area contributed by atoms with Gasteiger partial charge >= 0.3 is 5.97 Å². The third kappa shape index (κ3) is 6.77. The number of benzene rings is 1. The maximum absolute atomic E-state index is 12.8. The summed E-state index contributed by atoms with van der Waals surface area (Å²) in [4.78, 5) is 12.8. The summed E-state index contributed by atoms with van der Waals surface area (Å²) < 4.78 is 5.85. The average molecular weight is 549 g/mol. The molecule has 0 bridgehead atoms. The van der Waals surface area contributed by atoms with Crippen LogP contribution in [-0.2, 0) is 4.74 Å². The predicted octanol–water partition coefficient (Wildman–Crippen LogP) is 9.71. The van der Waals surface area contributed by atoms with Crippen molar-refractivity contribution in [3.63, 3.8) is 0 Å². The number of allylic oxidation sites excluding steroid dienone is 2. The molecule has 0 spiro atoms. The Kier molecular flexibility index (Phi) is 9.45. The molecule has 3 fully saturated rings. The number of hydrogen-bond donors (Lipinski definition) is 1. The van der Waals surface area contributed by atoms with Crippen LogP contribution in [0.1, 0.15) is 129 Å². The highest BCUT2D eigenvalue weighted by molar-refractivity contribution is 5.89. The molecule has 3 heteroatoms. The van der Waals surface area contributed by atoms with E-state index in [0.29, 0.717) is 29.4 Å². The molecule has 222 valence electrons. The molecule has 5 atom stereocenters. The van der Waals surface area contributed by atoms with Gasteiger partial charge in [0.05, 0.1) is 11.2 Å². The molecule has 0 heterocycles. The van der Waals surface area contributed by atoms with Gasteiger partial charge in [0.2, 0.25) is 0 Å².